The van der Waals surface area contributed by atoms with Crippen LogP contribution in [-0.4, -0.2) is 35.1 Å². The molecule has 0 saturated carbocycles. The van der Waals surface area contributed by atoms with Crippen LogP contribution in [-0.2, 0) is 19.5 Å². The Bertz CT molecular complexity index is 695. The summed E-state index contributed by atoms with van der Waals surface area (Å²) in [6.45, 7) is 4.02. The zero-order chi connectivity index (χ0) is 16.4. The van der Waals surface area contributed by atoms with Crippen LogP contribution in [0.4, 0.5) is 0 Å². The van der Waals surface area contributed by atoms with Crippen molar-refractivity contribution in [1.29, 1.82) is 0 Å². The molecule has 0 aliphatic carbocycles. The molecule has 5 heteroatoms. The molecule has 2 aromatic rings. The predicted octanol–water partition coefficient (Wildman–Crippen LogP) is 2.47. The van der Waals surface area contributed by atoms with E-state index in [9.17, 15) is 0 Å². The van der Waals surface area contributed by atoms with Crippen molar-refractivity contribution in [3.8, 4) is 5.75 Å². The van der Waals surface area contributed by atoms with Crippen LogP contribution < -0.4 is 10.1 Å². The minimum absolute atomic E-state index is 0.354. The molecule has 4 rings (SSSR count). The summed E-state index contributed by atoms with van der Waals surface area (Å²) < 4.78 is 5.22. The molecule has 1 atom stereocenters. The first-order valence-corrected chi connectivity index (χ1v) is 8.75. The number of hydrogen-bond acceptors (Lipinski definition) is 5. The lowest BCUT2D eigenvalue weighted by Crippen LogP contribution is -2.31. The Morgan fingerprint density at radius 1 is 1.29 bits per heavy atom. The zero-order valence-electron chi connectivity index (χ0n) is 14.2. The summed E-state index contributed by atoms with van der Waals surface area (Å²) in [7, 11) is 1.70. The van der Waals surface area contributed by atoms with Gasteiger partial charge in [0.25, 0.3) is 0 Å². The van der Waals surface area contributed by atoms with E-state index in [-0.39, 0.29) is 0 Å². The highest BCUT2D eigenvalue weighted by molar-refractivity contribution is 5.28. The fourth-order valence-electron chi connectivity index (χ4n) is 3.59. The van der Waals surface area contributed by atoms with Crippen molar-refractivity contribution in [3.63, 3.8) is 0 Å². The molecule has 1 aromatic heterocycles. The van der Waals surface area contributed by atoms with Gasteiger partial charge in [0, 0.05) is 43.5 Å². The topological polar surface area (TPSA) is 50.3 Å². The van der Waals surface area contributed by atoms with E-state index in [0.717, 1.165) is 50.6 Å². The van der Waals surface area contributed by atoms with E-state index in [0.29, 0.717) is 6.04 Å². The summed E-state index contributed by atoms with van der Waals surface area (Å²) >= 11 is 0. The van der Waals surface area contributed by atoms with Crippen molar-refractivity contribution in [2.45, 2.75) is 38.4 Å². The summed E-state index contributed by atoms with van der Waals surface area (Å²) in [4.78, 5) is 11.9. The lowest BCUT2D eigenvalue weighted by Gasteiger charge is -2.28. The molecule has 126 valence electrons. The minimum atomic E-state index is 0.354. The Morgan fingerprint density at radius 3 is 2.92 bits per heavy atom. The summed E-state index contributed by atoms with van der Waals surface area (Å²) in [5, 5.41) is 3.48. The average molecular weight is 324 g/mol. The number of nitrogens with zero attached hydrogens (tertiary/aromatic N) is 3. The third kappa shape index (κ3) is 3.28. The molecule has 0 bridgehead atoms. The normalized spacial score (nSPS) is 20.8. The minimum Gasteiger partial charge on any atom is -0.497 e. The van der Waals surface area contributed by atoms with Gasteiger partial charge >= 0.3 is 0 Å². The van der Waals surface area contributed by atoms with Gasteiger partial charge in [-0.2, -0.15) is 0 Å². The van der Waals surface area contributed by atoms with E-state index >= 15 is 0 Å². The monoisotopic (exact) mass is 324 g/mol. The number of hydrogen-bond donors (Lipinski definition) is 1. The molecule has 1 saturated heterocycles. The molecule has 1 N–H and O–H groups in total. The number of benzene rings is 1. The highest BCUT2D eigenvalue weighted by atomic mass is 16.5. The maximum atomic E-state index is 5.22. The maximum absolute atomic E-state index is 5.22. The highest BCUT2D eigenvalue weighted by Crippen LogP contribution is 2.24. The van der Waals surface area contributed by atoms with E-state index < -0.39 is 0 Å². The van der Waals surface area contributed by atoms with Crippen LogP contribution in [0.15, 0.2) is 30.5 Å². The number of aromatic nitrogens is 2. The quantitative estimate of drug-likeness (QED) is 0.936. The highest BCUT2D eigenvalue weighted by Gasteiger charge is 2.23. The van der Waals surface area contributed by atoms with Crippen LogP contribution in [0.25, 0.3) is 0 Å². The molecule has 5 nitrogen and oxygen atoms in total. The number of fused-ring (bicyclic) bond motifs is 1. The van der Waals surface area contributed by atoms with Gasteiger partial charge in [-0.25, -0.2) is 9.97 Å². The first-order chi connectivity index (χ1) is 11.8. The number of rotatable bonds is 4. The van der Waals surface area contributed by atoms with Crippen LogP contribution in [0.5, 0.6) is 5.75 Å². The van der Waals surface area contributed by atoms with Gasteiger partial charge < -0.3 is 10.1 Å². The Balaban J connectivity index is 1.43. The number of methoxy groups -OCH3 is 1. The summed E-state index contributed by atoms with van der Waals surface area (Å²) in [6, 6.07) is 8.68. The molecule has 0 radical (unpaired) electrons. The van der Waals surface area contributed by atoms with Crippen LogP contribution in [0.2, 0.25) is 0 Å². The van der Waals surface area contributed by atoms with E-state index in [1.165, 1.54) is 23.2 Å². The fraction of sp³-hybridized carbons (Fsp3) is 0.474. The molecule has 2 aliphatic heterocycles. The maximum Gasteiger partial charge on any atom is 0.145 e. The summed E-state index contributed by atoms with van der Waals surface area (Å²) in [5.41, 5.74) is 3.82. The van der Waals surface area contributed by atoms with Gasteiger partial charge in [0.15, 0.2) is 0 Å². The lowest BCUT2D eigenvalue weighted by atomic mass is 10.1. The zero-order valence-corrected chi connectivity index (χ0v) is 14.2. The molecular weight excluding hydrogens is 300 g/mol. The van der Waals surface area contributed by atoms with Gasteiger partial charge in [-0.3, -0.25) is 4.90 Å². The average Bonchev–Trinajstić information content (AvgIpc) is 3.17. The predicted molar refractivity (Wildman–Crippen MR) is 92.8 cm³/mol. The van der Waals surface area contributed by atoms with Gasteiger partial charge in [-0.05, 0) is 37.1 Å². The number of ether oxygens (including phenoxy) is 1. The Hall–Kier alpha value is -1.98. The van der Waals surface area contributed by atoms with Gasteiger partial charge in [0.1, 0.15) is 11.6 Å². The molecule has 0 spiro atoms. The Kier molecular flexibility index (Phi) is 4.45. The van der Waals surface area contributed by atoms with Crippen molar-refractivity contribution in [2.75, 3.05) is 20.2 Å². The molecule has 1 fully saturated rings. The lowest BCUT2D eigenvalue weighted by molar-refractivity contribution is 0.242. The van der Waals surface area contributed by atoms with E-state index in [4.69, 9.17) is 9.72 Å². The van der Waals surface area contributed by atoms with E-state index in [2.05, 4.69) is 27.3 Å². The van der Waals surface area contributed by atoms with Gasteiger partial charge in [-0.1, -0.05) is 12.1 Å². The smallest absolute Gasteiger partial charge is 0.145 e. The fourth-order valence-corrected chi connectivity index (χ4v) is 3.59. The van der Waals surface area contributed by atoms with Crippen molar-refractivity contribution in [3.05, 3.63) is 53.1 Å². The molecular formula is C19H24N4O. The largest absolute Gasteiger partial charge is 0.497 e. The first-order valence-electron chi connectivity index (χ1n) is 8.75. The Morgan fingerprint density at radius 2 is 2.17 bits per heavy atom. The van der Waals surface area contributed by atoms with E-state index in [1.54, 1.807) is 7.11 Å². The molecule has 3 heterocycles. The second-order valence-electron chi connectivity index (χ2n) is 6.66. The van der Waals surface area contributed by atoms with Crippen LogP contribution in [0, 0.1) is 0 Å². The summed E-state index contributed by atoms with van der Waals surface area (Å²) in [6.07, 6.45) is 5.43. The molecule has 0 amide bonds. The third-order valence-corrected chi connectivity index (χ3v) is 4.97. The summed E-state index contributed by atoms with van der Waals surface area (Å²) in [5.74, 6) is 1.89. The van der Waals surface area contributed by atoms with E-state index in [1.807, 2.05) is 18.3 Å². The Labute approximate surface area is 143 Å². The molecule has 24 heavy (non-hydrogen) atoms. The van der Waals surface area contributed by atoms with Crippen molar-refractivity contribution >= 4 is 0 Å². The van der Waals surface area contributed by atoms with Crippen LogP contribution in [0.3, 0.4) is 0 Å². The SMILES string of the molecule is COc1ccc(CN2CCc3nc([C@H]4CCCN4)ncc3C2)cc1. The van der Waals surface area contributed by atoms with Crippen molar-refractivity contribution in [2.24, 2.45) is 0 Å². The molecule has 1 aromatic carbocycles. The number of nitrogens with one attached hydrogen (secondary N) is 1. The molecule has 2 aliphatic rings. The van der Waals surface area contributed by atoms with Gasteiger partial charge in [0.2, 0.25) is 0 Å². The molecule has 0 unspecified atom stereocenters. The van der Waals surface area contributed by atoms with Gasteiger partial charge in [0.05, 0.1) is 13.2 Å². The standard InChI is InChI=1S/C19H24N4O/c1-24-16-6-4-14(5-7-16)12-23-10-8-17-15(13-23)11-21-19(22-17)18-3-2-9-20-18/h4-7,11,18,20H,2-3,8-10,12-13H2,1H3/t18-/m1/s1. The van der Waals surface area contributed by atoms with Crippen molar-refractivity contribution in [1.82, 2.24) is 20.2 Å². The van der Waals surface area contributed by atoms with Gasteiger partial charge in [-0.15, -0.1) is 0 Å². The second kappa shape index (κ2) is 6.87. The van der Waals surface area contributed by atoms with Crippen molar-refractivity contribution < 1.29 is 4.74 Å². The second-order valence-corrected chi connectivity index (χ2v) is 6.66. The first kappa shape index (κ1) is 15.5. The van der Waals surface area contributed by atoms with Crippen LogP contribution in [0.1, 0.15) is 41.5 Å². The van der Waals surface area contributed by atoms with Crippen LogP contribution >= 0.6 is 0 Å². The third-order valence-electron chi connectivity index (χ3n) is 4.97.